The number of para-hydroxylation sites is 1. The lowest BCUT2D eigenvalue weighted by molar-refractivity contribution is -0.119. The summed E-state index contributed by atoms with van der Waals surface area (Å²) >= 11 is 5.74. The van der Waals surface area contributed by atoms with Crippen LogP contribution in [0.3, 0.4) is 0 Å². The normalized spacial score (nSPS) is 16.6. The van der Waals surface area contributed by atoms with Crippen LogP contribution >= 0.6 is 11.6 Å². The van der Waals surface area contributed by atoms with Crippen LogP contribution in [0.2, 0.25) is 5.02 Å². The highest BCUT2D eigenvalue weighted by molar-refractivity contribution is 6.30. The number of carbonyl (C=O) groups is 1. The summed E-state index contributed by atoms with van der Waals surface area (Å²) < 4.78 is 13.8. The van der Waals surface area contributed by atoms with Gasteiger partial charge in [-0.1, -0.05) is 41.9 Å². The fraction of sp³-hybridized carbons (Fsp3) is 0.188. The molecule has 0 radical (unpaired) electrons. The molecule has 0 aliphatic carbocycles. The predicted molar refractivity (Wildman–Crippen MR) is 77.8 cm³/mol. The molecule has 0 aromatic heterocycles. The Balaban J connectivity index is 1.83. The van der Waals surface area contributed by atoms with Crippen LogP contribution < -0.4 is 5.32 Å². The van der Waals surface area contributed by atoms with Gasteiger partial charge in [0.25, 0.3) is 0 Å². The van der Waals surface area contributed by atoms with Gasteiger partial charge in [-0.05, 0) is 23.3 Å². The highest BCUT2D eigenvalue weighted by Crippen LogP contribution is 2.32. The lowest BCUT2D eigenvalue weighted by atomic mass is 9.92. The van der Waals surface area contributed by atoms with Gasteiger partial charge < -0.3 is 5.32 Å². The Morgan fingerprint density at radius 3 is 2.90 bits per heavy atom. The number of rotatable bonds is 3. The van der Waals surface area contributed by atoms with E-state index < -0.39 is 5.82 Å². The topological polar surface area (TPSA) is 29.1 Å². The molecule has 0 amide bonds. The third-order valence-electron chi connectivity index (χ3n) is 3.62. The molecule has 2 aromatic rings. The van der Waals surface area contributed by atoms with E-state index in [0.717, 1.165) is 11.3 Å². The summed E-state index contributed by atoms with van der Waals surface area (Å²) in [6, 6.07) is 12.5. The van der Waals surface area contributed by atoms with Crippen molar-refractivity contribution in [2.24, 2.45) is 0 Å². The Labute approximate surface area is 121 Å². The van der Waals surface area contributed by atoms with E-state index >= 15 is 0 Å². The second kappa shape index (κ2) is 5.25. The fourth-order valence-corrected chi connectivity index (χ4v) is 2.76. The van der Waals surface area contributed by atoms with Gasteiger partial charge in [0.05, 0.1) is 10.9 Å². The van der Waals surface area contributed by atoms with Gasteiger partial charge in [-0.3, -0.25) is 4.79 Å². The van der Waals surface area contributed by atoms with Gasteiger partial charge >= 0.3 is 0 Å². The third-order valence-corrected chi connectivity index (χ3v) is 3.91. The minimum atomic E-state index is -0.498. The molecule has 0 fully saturated rings. The molecule has 20 heavy (non-hydrogen) atoms. The number of Topliss-reactive ketones (excluding diaryl/α,β-unsaturated/α-hetero) is 1. The van der Waals surface area contributed by atoms with Gasteiger partial charge in [-0.25, -0.2) is 4.39 Å². The number of anilines is 1. The second-order valence-corrected chi connectivity index (χ2v) is 5.28. The number of nitrogens with one attached hydrogen (secondary N) is 1. The first-order valence-corrected chi connectivity index (χ1v) is 6.83. The van der Waals surface area contributed by atoms with Crippen molar-refractivity contribution in [1.82, 2.24) is 0 Å². The monoisotopic (exact) mass is 289 g/mol. The van der Waals surface area contributed by atoms with Crippen LogP contribution in [0.1, 0.15) is 17.0 Å². The van der Waals surface area contributed by atoms with Crippen molar-refractivity contribution in [3.8, 4) is 0 Å². The molecule has 1 N–H and O–H groups in total. The SMILES string of the molecule is O=C(Cc1cccc(Cl)c1F)C1CNc2ccccc21. The van der Waals surface area contributed by atoms with Crippen molar-refractivity contribution in [3.05, 3.63) is 64.4 Å². The van der Waals surface area contributed by atoms with Crippen LogP contribution in [0.5, 0.6) is 0 Å². The second-order valence-electron chi connectivity index (χ2n) is 4.88. The van der Waals surface area contributed by atoms with E-state index in [1.165, 1.54) is 6.07 Å². The van der Waals surface area contributed by atoms with Crippen molar-refractivity contribution in [3.63, 3.8) is 0 Å². The van der Waals surface area contributed by atoms with E-state index in [1.54, 1.807) is 12.1 Å². The van der Waals surface area contributed by atoms with E-state index in [0.29, 0.717) is 12.1 Å². The molecule has 1 unspecified atom stereocenters. The van der Waals surface area contributed by atoms with Crippen molar-refractivity contribution in [2.75, 3.05) is 11.9 Å². The molecule has 4 heteroatoms. The Morgan fingerprint density at radius 2 is 2.05 bits per heavy atom. The molecule has 1 aliphatic rings. The lowest BCUT2D eigenvalue weighted by Gasteiger charge is -2.10. The van der Waals surface area contributed by atoms with Gasteiger partial charge in [-0.2, -0.15) is 0 Å². The molecule has 2 aromatic carbocycles. The number of halogens is 2. The van der Waals surface area contributed by atoms with Crippen molar-refractivity contribution >= 4 is 23.1 Å². The third kappa shape index (κ3) is 2.29. The van der Waals surface area contributed by atoms with E-state index in [1.807, 2.05) is 24.3 Å². The van der Waals surface area contributed by atoms with Crippen molar-refractivity contribution in [1.29, 1.82) is 0 Å². The molecule has 2 nitrogen and oxygen atoms in total. The zero-order valence-corrected chi connectivity index (χ0v) is 11.5. The Kier molecular flexibility index (Phi) is 3.45. The molecule has 0 saturated heterocycles. The standard InChI is InChI=1S/C16H13ClFNO/c17-13-6-3-4-10(16(13)18)8-15(20)12-9-19-14-7-2-1-5-11(12)14/h1-7,12,19H,8-9H2. The molecule has 1 aliphatic heterocycles. The van der Waals surface area contributed by atoms with Gasteiger partial charge in [0.2, 0.25) is 0 Å². The molecule has 1 heterocycles. The highest BCUT2D eigenvalue weighted by Gasteiger charge is 2.28. The highest BCUT2D eigenvalue weighted by atomic mass is 35.5. The Morgan fingerprint density at radius 1 is 1.25 bits per heavy atom. The van der Waals surface area contributed by atoms with Crippen LogP contribution in [0.15, 0.2) is 42.5 Å². The number of carbonyl (C=O) groups excluding carboxylic acids is 1. The number of hydrogen-bond acceptors (Lipinski definition) is 2. The maximum absolute atomic E-state index is 13.8. The average molecular weight is 290 g/mol. The minimum absolute atomic E-state index is 0.00335. The zero-order chi connectivity index (χ0) is 14.1. The van der Waals surface area contributed by atoms with Crippen LogP contribution in [0.4, 0.5) is 10.1 Å². The van der Waals surface area contributed by atoms with Crippen LogP contribution in [-0.2, 0) is 11.2 Å². The van der Waals surface area contributed by atoms with Gasteiger partial charge in [0, 0.05) is 18.7 Å². The largest absolute Gasteiger partial charge is 0.384 e. The fourth-order valence-electron chi connectivity index (χ4n) is 2.57. The number of hydrogen-bond donors (Lipinski definition) is 1. The smallest absolute Gasteiger partial charge is 0.146 e. The van der Waals surface area contributed by atoms with Crippen molar-refractivity contribution in [2.45, 2.75) is 12.3 Å². The Bertz CT molecular complexity index is 671. The summed E-state index contributed by atoms with van der Waals surface area (Å²) in [6.07, 6.45) is 0.0626. The molecule has 3 rings (SSSR count). The summed E-state index contributed by atoms with van der Waals surface area (Å²) in [4.78, 5) is 12.4. The molecule has 102 valence electrons. The lowest BCUT2D eigenvalue weighted by Crippen LogP contribution is -2.17. The summed E-state index contributed by atoms with van der Waals surface area (Å²) in [5, 5.41) is 3.26. The molecule has 0 bridgehead atoms. The summed E-state index contributed by atoms with van der Waals surface area (Å²) in [6.45, 7) is 0.570. The molecular weight excluding hydrogens is 277 g/mol. The number of fused-ring (bicyclic) bond motifs is 1. The summed E-state index contributed by atoms with van der Waals surface area (Å²) in [5.74, 6) is -0.713. The van der Waals surface area contributed by atoms with E-state index in [4.69, 9.17) is 11.6 Å². The average Bonchev–Trinajstić information content (AvgIpc) is 2.88. The van der Waals surface area contributed by atoms with Gasteiger partial charge in [0.1, 0.15) is 11.6 Å². The van der Waals surface area contributed by atoms with Crippen molar-refractivity contribution < 1.29 is 9.18 Å². The van der Waals surface area contributed by atoms with E-state index in [9.17, 15) is 9.18 Å². The van der Waals surface area contributed by atoms with E-state index in [-0.39, 0.29) is 23.1 Å². The first kappa shape index (κ1) is 13.1. The van der Waals surface area contributed by atoms with Crippen LogP contribution in [0.25, 0.3) is 0 Å². The first-order chi connectivity index (χ1) is 9.66. The molecular formula is C16H13ClFNO. The van der Waals surface area contributed by atoms with Crippen LogP contribution in [0, 0.1) is 5.82 Å². The van der Waals surface area contributed by atoms with Gasteiger partial charge in [-0.15, -0.1) is 0 Å². The maximum Gasteiger partial charge on any atom is 0.146 e. The summed E-state index contributed by atoms with van der Waals surface area (Å²) in [7, 11) is 0. The van der Waals surface area contributed by atoms with Crippen LogP contribution in [-0.4, -0.2) is 12.3 Å². The molecule has 1 atom stereocenters. The van der Waals surface area contributed by atoms with E-state index in [2.05, 4.69) is 5.32 Å². The first-order valence-electron chi connectivity index (χ1n) is 6.45. The maximum atomic E-state index is 13.8. The summed E-state index contributed by atoms with van der Waals surface area (Å²) in [5.41, 5.74) is 2.32. The predicted octanol–water partition coefficient (Wildman–Crippen LogP) is 3.80. The number of benzene rings is 2. The molecule has 0 saturated carbocycles. The minimum Gasteiger partial charge on any atom is -0.384 e. The number of ketones is 1. The quantitative estimate of drug-likeness (QED) is 0.931. The molecule has 0 spiro atoms. The zero-order valence-electron chi connectivity index (χ0n) is 10.7. The Hall–Kier alpha value is -1.87. The van der Waals surface area contributed by atoms with Gasteiger partial charge in [0.15, 0.2) is 0 Å².